The Hall–Kier alpha value is -0.320. The molecule has 0 atom stereocenters. The monoisotopic (exact) mass is 286 g/mol. The van der Waals surface area contributed by atoms with Crippen LogP contribution in [-0.4, -0.2) is 31.6 Å². The van der Waals surface area contributed by atoms with Gasteiger partial charge in [0, 0.05) is 6.54 Å². The zero-order valence-corrected chi connectivity index (χ0v) is 11.3. The van der Waals surface area contributed by atoms with Gasteiger partial charge in [-0.3, -0.25) is 4.90 Å². The van der Waals surface area contributed by atoms with Gasteiger partial charge in [-0.2, -0.15) is 0 Å². The minimum atomic E-state index is 0.817. The van der Waals surface area contributed by atoms with Gasteiger partial charge in [0.05, 0.1) is 6.54 Å². The molecule has 16 heavy (non-hydrogen) atoms. The molecule has 3 nitrogen and oxygen atoms in total. The minimum Gasteiger partial charge on any atom is -0.453 e. The van der Waals surface area contributed by atoms with E-state index in [2.05, 4.69) is 33.2 Å². The van der Waals surface area contributed by atoms with Crippen LogP contribution < -0.4 is 5.32 Å². The molecule has 0 aliphatic carbocycles. The lowest BCUT2D eigenvalue weighted by atomic mass is 9.98. The molecule has 1 aliphatic rings. The lowest BCUT2D eigenvalue weighted by Crippen LogP contribution is -2.34. The molecule has 0 radical (unpaired) electrons. The van der Waals surface area contributed by atoms with Crippen molar-refractivity contribution in [3.63, 3.8) is 0 Å². The van der Waals surface area contributed by atoms with E-state index in [0.717, 1.165) is 22.9 Å². The number of hydrogen-bond donors (Lipinski definition) is 1. The Morgan fingerprint density at radius 3 is 2.81 bits per heavy atom. The van der Waals surface area contributed by atoms with Gasteiger partial charge in [0.25, 0.3) is 0 Å². The summed E-state index contributed by atoms with van der Waals surface area (Å²) in [5.74, 6) is 1.87. The molecule has 1 aliphatic heterocycles. The normalized spacial score (nSPS) is 18.2. The Morgan fingerprint density at radius 2 is 2.19 bits per heavy atom. The summed E-state index contributed by atoms with van der Waals surface area (Å²) in [6.07, 6.45) is 2.60. The molecular formula is C12H19BrN2O. The number of halogens is 1. The van der Waals surface area contributed by atoms with Crippen molar-refractivity contribution < 1.29 is 4.42 Å². The van der Waals surface area contributed by atoms with Crippen LogP contribution in [0.3, 0.4) is 0 Å². The van der Waals surface area contributed by atoms with Crippen molar-refractivity contribution in [2.45, 2.75) is 19.4 Å². The van der Waals surface area contributed by atoms with Gasteiger partial charge >= 0.3 is 0 Å². The third kappa shape index (κ3) is 3.61. The fourth-order valence-corrected chi connectivity index (χ4v) is 2.61. The highest BCUT2D eigenvalue weighted by Crippen LogP contribution is 2.17. The Morgan fingerprint density at radius 1 is 1.44 bits per heavy atom. The maximum Gasteiger partial charge on any atom is 0.169 e. The van der Waals surface area contributed by atoms with E-state index in [4.69, 9.17) is 4.42 Å². The van der Waals surface area contributed by atoms with E-state index in [9.17, 15) is 0 Å². The van der Waals surface area contributed by atoms with E-state index in [1.165, 1.54) is 32.5 Å². The fraction of sp³-hybridized carbons (Fsp3) is 0.667. The summed E-state index contributed by atoms with van der Waals surface area (Å²) >= 11 is 3.33. The number of rotatable bonds is 4. The number of nitrogens with one attached hydrogen (secondary N) is 1. The molecule has 0 aromatic carbocycles. The van der Waals surface area contributed by atoms with Crippen LogP contribution in [0.4, 0.5) is 0 Å². The summed E-state index contributed by atoms with van der Waals surface area (Å²) in [5.41, 5.74) is 0. The summed E-state index contributed by atoms with van der Waals surface area (Å²) in [5, 5.41) is 3.40. The first-order valence-corrected chi connectivity index (χ1v) is 6.67. The number of nitrogens with zero attached hydrogens (tertiary/aromatic N) is 1. The molecule has 1 fully saturated rings. The summed E-state index contributed by atoms with van der Waals surface area (Å²) < 4.78 is 6.32. The van der Waals surface area contributed by atoms with Crippen molar-refractivity contribution in [2.24, 2.45) is 5.92 Å². The molecule has 90 valence electrons. The first-order valence-electron chi connectivity index (χ1n) is 5.87. The van der Waals surface area contributed by atoms with Crippen molar-refractivity contribution >= 4 is 15.9 Å². The first kappa shape index (κ1) is 12.1. The van der Waals surface area contributed by atoms with Gasteiger partial charge in [-0.1, -0.05) is 0 Å². The van der Waals surface area contributed by atoms with Crippen LogP contribution in [0.1, 0.15) is 18.6 Å². The molecule has 4 heteroatoms. The Balaban J connectivity index is 1.77. The van der Waals surface area contributed by atoms with Gasteiger partial charge in [0.1, 0.15) is 5.76 Å². The third-order valence-electron chi connectivity index (χ3n) is 3.08. The van der Waals surface area contributed by atoms with Gasteiger partial charge in [0.15, 0.2) is 4.67 Å². The predicted molar refractivity (Wildman–Crippen MR) is 68.3 cm³/mol. The largest absolute Gasteiger partial charge is 0.453 e. The molecule has 1 N–H and O–H groups in total. The van der Waals surface area contributed by atoms with Gasteiger partial charge < -0.3 is 9.73 Å². The van der Waals surface area contributed by atoms with E-state index in [0.29, 0.717) is 0 Å². The lowest BCUT2D eigenvalue weighted by Gasteiger charge is -2.26. The topological polar surface area (TPSA) is 28.4 Å². The predicted octanol–water partition coefficient (Wildman–Crippen LogP) is 2.47. The van der Waals surface area contributed by atoms with Crippen LogP contribution in [0.15, 0.2) is 21.2 Å². The molecule has 0 amide bonds. The number of piperidine rings is 1. The van der Waals surface area contributed by atoms with Crippen LogP contribution in [0.5, 0.6) is 0 Å². The smallest absolute Gasteiger partial charge is 0.169 e. The highest BCUT2D eigenvalue weighted by atomic mass is 79.9. The number of furan rings is 1. The Labute approximate surface area is 105 Å². The van der Waals surface area contributed by atoms with Crippen molar-refractivity contribution in [2.75, 3.05) is 26.7 Å². The minimum absolute atomic E-state index is 0.817. The quantitative estimate of drug-likeness (QED) is 0.922. The second-order valence-corrected chi connectivity index (χ2v) is 5.38. The van der Waals surface area contributed by atoms with Crippen molar-refractivity contribution in [3.05, 3.63) is 22.6 Å². The average molecular weight is 287 g/mol. The molecule has 0 bridgehead atoms. The standard InChI is InChI=1S/C12H19BrN2O/c1-15(8-10-4-6-14-7-5-10)9-11-2-3-12(13)16-11/h2-3,10,14H,4-9H2,1H3. The molecule has 0 unspecified atom stereocenters. The van der Waals surface area contributed by atoms with Crippen molar-refractivity contribution in [3.8, 4) is 0 Å². The molecule has 1 aromatic heterocycles. The summed E-state index contributed by atoms with van der Waals surface area (Å²) in [7, 11) is 2.17. The van der Waals surface area contributed by atoms with Gasteiger partial charge in [-0.05, 0) is 67.0 Å². The molecule has 2 rings (SSSR count). The zero-order chi connectivity index (χ0) is 11.4. The Bertz CT molecular complexity index is 321. The van der Waals surface area contributed by atoms with Crippen molar-refractivity contribution in [1.29, 1.82) is 0 Å². The fourth-order valence-electron chi connectivity index (χ4n) is 2.27. The molecule has 1 aromatic rings. The van der Waals surface area contributed by atoms with E-state index in [1.54, 1.807) is 0 Å². The van der Waals surface area contributed by atoms with E-state index < -0.39 is 0 Å². The van der Waals surface area contributed by atoms with Gasteiger partial charge in [0.2, 0.25) is 0 Å². The zero-order valence-electron chi connectivity index (χ0n) is 9.71. The van der Waals surface area contributed by atoms with Crippen LogP contribution in [-0.2, 0) is 6.54 Å². The van der Waals surface area contributed by atoms with Crippen LogP contribution in [0.25, 0.3) is 0 Å². The van der Waals surface area contributed by atoms with E-state index >= 15 is 0 Å². The van der Waals surface area contributed by atoms with Gasteiger partial charge in [-0.25, -0.2) is 0 Å². The maximum absolute atomic E-state index is 5.51. The highest BCUT2D eigenvalue weighted by molar-refractivity contribution is 9.10. The second-order valence-electron chi connectivity index (χ2n) is 4.60. The average Bonchev–Trinajstić information content (AvgIpc) is 2.65. The summed E-state index contributed by atoms with van der Waals surface area (Å²) in [4.78, 5) is 2.35. The maximum atomic E-state index is 5.51. The summed E-state index contributed by atoms with van der Waals surface area (Å²) in [6, 6.07) is 3.98. The molecular weight excluding hydrogens is 268 g/mol. The molecule has 0 spiro atoms. The first-order chi connectivity index (χ1) is 7.74. The van der Waals surface area contributed by atoms with E-state index in [-0.39, 0.29) is 0 Å². The number of hydrogen-bond acceptors (Lipinski definition) is 3. The Kier molecular flexibility index (Phi) is 4.44. The highest BCUT2D eigenvalue weighted by Gasteiger charge is 2.15. The van der Waals surface area contributed by atoms with E-state index in [1.807, 2.05) is 12.1 Å². The van der Waals surface area contributed by atoms with Crippen molar-refractivity contribution in [1.82, 2.24) is 10.2 Å². The van der Waals surface area contributed by atoms with Gasteiger partial charge in [-0.15, -0.1) is 0 Å². The van der Waals surface area contributed by atoms with Crippen LogP contribution >= 0.6 is 15.9 Å². The SMILES string of the molecule is CN(Cc1ccc(Br)o1)CC1CCNCC1. The third-order valence-corrected chi connectivity index (χ3v) is 3.51. The molecule has 0 saturated carbocycles. The molecule has 1 saturated heterocycles. The second kappa shape index (κ2) is 5.84. The summed E-state index contributed by atoms with van der Waals surface area (Å²) in [6.45, 7) is 4.41. The molecule has 2 heterocycles. The van der Waals surface area contributed by atoms with Crippen LogP contribution in [0, 0.1) is 5.92 Å². The lowest BCUT2D eigenvalue weighted by molar-refractivity contribution is 0.220. The van der Waals surface area contributed by atoms with Crippen LogP contribution in [0.2, 0.25) is 0 Å².